The van der Waals surface area contributed by atoms with Crippen LogP contribution in [-0.2, 0) is 4.79 Å². The minimum absolute atomic E-state index is 0.0562. The highest BCUT2D eigenvalue weighted by Gasteiger charge is 2.29. The van der Waals surface area contributed by atoms with E-state index in [0.717, 1.165) is 41.4 Å². The summed E-state index contributed by atoms with van der Waals surface area (Å²) in [5.74, 6) is 0.252. The third kappa shape index (κ3) is 3.67. The minimum atomic E-state index is 0.0562. The first kappa shape index (κ1) is 13.3. The molecule has 0 heterocycles. The van der Waals surface area contributed by atoms with E-state index in [4.69, 9.17) is 0 Å². The summed E-state index contributed by atoms with van der Waals surface area (Å²) in [7, 11) is 0. The number of carbonyl (C=O) groups is 1. The fourth-order valence-electron chi connectivity index (χ4n) is 1.70. The number of carbonyl (C=O) groups excluding carboxylic acids is 1. The van der Waals surface area contributed by atoms with Crippen molar-refractivity contribution in [1.82, 2.24) is 5.43 Å². The van der Waals surface area contributed by atoms with E-state index in [-0.39, 0.29) is 11.8 Å². The number of benzene rings is 1. The molecule has 1 aliphatic rings. The second kappa shape index (κ2) is 6.14. The number of amides is 1. The average Bonchev–Trinajstić information content (AvgIpc) is 3.19. The van der Waals surface area contributed by atoms with E-state index in [0.29, 0.717) is 0 Å². The molecule has 0 aromatic heterocycles. The van der Waals surface area contributed by atoms with Gasteiger partial charge in [0, 0.05) is 10.4 Å². The molecule has 1 aliphatic carbocycles. The topological polar surface area (TPSA) is 41.5 Å². The second-order valence-corrected chi connectivity index (χ2v) is 5.48. The van der Waals surface area contributed by atoms with Crippen molar-refractivity contribution in [3.63, 3.8) is 0 Å². The first-order valence-corrected chi connectivity index (χ1v) is 7.12. The Balaban J connectivity index is 2.08. The molecule has 96 valence electrons. The molecule has 0 atom stereocenters. The van der Waals surface area contributed by atoms with Crippen molar-refractivity contribution in [2.24, 2.45) is 11.0 Å². The van der Waals surface area contributed by atoms with Gasteiger partial charge in [-0.1, -0.05) is 41.4 Å². The lowest BCUT2D eigenvalue weighted by atomic mass is 10.1. The molecule has 1 amide bonds. The van der Waals surface area contributed by atoms with E-state index in [1.54, 1.807) is 0 Å². The van der Waals surface area contributed by atoms with Crippen LogP contribution in [0.25, 0.3) is 0 Å². The summed E-state index contributed by atoms with van der Waals surface area (Å²) in [6.07, 6.45) is 3.88. The van der Waals surface area contributed by atoms with Crippen molar-refractivity contribution in [3.8, 4) is 0 Å². The zero-order chi connectivity index (χ0) is 13.0. The van der Waals surface area contributed by atoms with Gasteiger partial charge in [-0.2, -0.15) is 5.10 Å². The summed E-state index contributed by atoms with van der Waals surface area (Å²) in [4.78, 5) is 11.6. The molecule has 0 saturated heterocycles. The van der Waals surface area contributed by atoms with Gasteiger partial charge in [-0.15, -0.1) is 0 Å². The van der Waals surface area contributed by atoms with Gasteiger partial charge in [-0.05, 0) is 37.0 Å². The van der Waals surface area contributed by atoms with Crippen molar-refractivity contribution in [1.29, 1.82) is 0 Å². The van der Waals surface area contributed by atoms with Crippen LogP contribution in [0.1, 0.15) is 38.2 Å². The Kier molecular flexibility index (Phi) is 4.53. The van der Waals surface area contributed by atoms with Crippen LogP contribution < -0.4 is 5.43 Å². The normalized spacial score (nSPS) is 15.6. The van der Waals surface area contributed by atoms with Crippen molar-refractivity contribution in [2.75, 3.05) is 0 Å². The second-order valence-electron chi connectivity index (χ2n) is 4.57. The van der Waals surface area contributed by atoms with Gasteiger partial charge in [-0.3, -0.25) is 4.79 Å². The summed E-state index contributed by atoms with van der Waals surface area (Å²) in [5, 5.41) is 4.28. The van der Waals surface area contributed by atoms with Crippen LogP contribution >= 0.6 is 15.9 Å². The maximum Gasteiger partial charge on any atom is 0.243 e. The van der Waals surface area contributed by atoms with E-state index in [1.165, 1.54) is 0 Å². The van der Waals surface area contributed by atoms with Crippen LogP contribution in [0.4, 0.5) is 0 Å². The Morgan fingerprint density at radius 1 is 1.39 bits per heavy atom. The quantitative estimate of drug-likeness (QED) is 0.656. The number of nitrogens with one attached hydrogen (secondary N) is 1. The SMILES string of the molecule is CCCC(=NNC(=O)C1CC1)c1ccc(Br)cc1. The van der Waals surface area contributed by atoms with E-state index >= 15 is 0 Å². The fraction of sp³-hybridized carbons (Fsp3) is 0.429. The zero-order valence-corrected chi connectivity index (χ0v) is 12.0. The standard InChI is InChI=1S/C14H17BrN2O/c1-2-3-13(10-6-8-12(15)9-7-10)16-17-14(18)11-4-5-11/h6-9,11H,2-5H2,1H3,(H,17,18). The predicted octanol–water partition coefficient (Wildman–Crippen LogP) is 3.48. The van der Waals surface area contributed by atoms with Gasteiger partial charge >= 0.3 is 0 Å². The number of hydrazone groups is 1. The average molecular weight is 309 g/mol. The Bertz CT molecular complexity index is 449. The first-order valence-electron chi connectivity index (χ1n) is 6.33. The lowest BCUT2D eigenvalue weighted by molar-refractivity contribution is -0.122. The molecular weight excluding hydrogens is 292 g/mol. The highest BCUT2D eigenvalue weighted by atomic mass is 79.9. The predicted molar refractivity (Wildman–Crippen MR) is 76.5 cm³/mol. The van der Waals surface area contributed by atoms with Gasteiger partial charge in [0.1, 0.15) is 0 Å². The molecule has 1 N–H and O–H groups in total. The smallest absolute Gasteiger partial charge is 0.243 e. The van der Waals surface area contributed by atoms with Gasteiger partial charge < -0.3 is 0 Å². The van der Waals surface area contributed by atoms with Crippen molar-refractivity contribution < 1.29 is 4.79 Å². The van der Waals surface area contributed by atoms with Crippen LogP contribution in [0.15, 0.2) is 33.8 Å². The number of halogens is 1. The molecular formula is C14H17BrN2O. The summed E-state index contributed by atoms with van der Waals surface area (Å²) in [6.45, 7) is 2.11. The maximum atomic E-state index is 11.6. The third-order valence-electron chi connectivity index (χ3n) is 2.91. The summed E-state index contributed by atoms with van der Waals surface area (Å²) in [6, 6.07) is 8.01. The molecule has 0 bridgehead atoms. The van der Waals surface area contributed by atoms with Crippen molar-refractivity contribution in [3.05, 3.63) is 34.3 Å². The van der Waals surface area contributed by atoms with Crippen molar-refractivity contribution in [2.45, 2.75) is 32.6 Å². The highest BCUT2D eigenvalue weighted by Crippen LogP contribution is 2.28. The van der Waals surface area contributed by atoms with E-state index in [1.807, 2.05) is 24.3 Å². The van der Waals surface area contributed by atoms with Gasteiger partial charge in [0.2, 0.25) is 5.91 Å². The molecule has 1 aromatic carbocycles. The molecule has 0 spiro atoms. The molecule has 1 aromatic rings. The fourth-order valence-corrected chi connectivity index (χ4v) is 1.97. The molecule has 2 rings (SSSR count). The summed E-state index contributed by atoms with van der Waals surface area (Å²) < 4.78 is 1.05. The Labute approximate surface area is 116 Å². The molecule has 0 unspecified atom stereocenters. The van der Waals surface area contributed by atoms with Crippen LogP contribution in [0, 0.1) is 5.92 Å². The Hall–Kier alpha value is -1.16. The maximum absolute atomic E-state index is 11.6. The van der Waals surface area contributed by atoms with Crippen LogP contribution in [0.3, 0.4) is 0 Å². The number of hydrogen-bond acceptors (Lipinski definition) is 2. The lowest BCUT2D eigenvalue weighted by Crippen LogP contribution is -2.21. The summed E-state index contributed by atoms with van der Waals surface area (Å²) >= 11 is 3.41. The Morgan fingerprint density at radius 3 is 2.61 bits per heavy atom. The first-order chi connectivity index (χ1) is 8.70. The number of nitrogens with zero attached hydrogens (tertiary/aromatic N) is 1. The summed E-state index contributed by atoms with van der Waals surface area (Å²) in [5.41, 5.74) is 4.69. The van der Waals surface area contributed by atoms with Gasteiger partial charge in [0.15, 0.2) is 0 Å². The Morgan fingerprint density at radius 2 is 2.06 bits per heavy atom. The third-order valence-corrected chi connectivity index (χ3v) is 3.44. The zero-order valence-electron chi connectivity index (χ0n) is 10.4. The molecule has 4 heteroatoms. The largest absolute Gasteiger partial charge is 0.273 e. The number of hydrogen-bond donors (Lipinski definition) is 1. The monoisotopic (exact) mass is 308 g/mol. The minimum Gasteiger partial charge on any atom is -0.273 e. The molecule has 1 fully saturated rings. The van der Waals surface area contributed by atoms with Crippen LogP contribution in [0.5, 0.6) is 0 Å². The van der Waals surface area contributed by atoms with E-state index < -0.39 is 0 Å². The molecule has 0 radical (unpaired) electrons. The van der Waals surface area contributed by atoms with Gasteiger partial charge in [0.05, 0.1) is 5.71 Å². The van der Waals surface area contributed by atoms with Crippen LogP contribution in [0.2, 0.25) is 0 Å². The van der Waals surface area contributed by atoms with Gasteiger partial charge in [0.25, 0.3) is 0 Å². The highest BCUT2D eigenvalue weighted by molar-refractivity contribution is 9.10. The molecule has 0 aliphatic heterocycles. The lowest BCUT2D eigenvalue weighted by Gasteiger charge is -2.06. The van der Waals surface area contributed by atoms with E-state index in [2.05, 4.69) is 33.4 Å². The molecule has 18 heavy (non-hydrogen) atoms. The van der Waals surface area contributed by atoms with Crippen molar-refractivity contribution >= 4 is 27.5 Å². The number of rotatable bonds is 5. The molecule has 3 nitrogen and oxygen atoms in total. The molecule has 1 saturated carbocycles. The van der Waals surface area contributed by atoms with Gasteiger partial charge in [-0.25, -0.2) is 5.43 Å². The van der Waals surface area contributed by atoms with Crippen LogP contribution in [-0.4, -0.2) is 11.6 Å². The van der Waals surface area contributed by atoms with E-state index in [9.17, 15) is 4.79 Å².